The van der Waals surface area contributed by atoms with Crippen LogP contribution in [0.2, 0.25) is 0 Å². The predicted molar refractivity (Wildman–Crippen MR) is 101 cm³/mol. The van der Waals surface area contributed by atoms with Crippen molar-refractivity contribution in [3.8, 4) is 12.3 Å². The van der Waals surface area contributed by atoms with Crippen LogP contribution in [0.4, 0.5) is 5.69 Å². The molecule has 6 nitrogen and oxygen atoms in total. The number of aromatic nitrogens is 1. The number of carbonyl (C=O) groups is 1. The highest BCUT2D eigenvalue weighted by molar-refractivity contribution is 7.16. The second-order valence-corrected chi connectivity index (χ2v) is 6.77. The summed E-state index contributed by atoms with van der Waals surface area (Å²) in [6, 6.07) is 9.81. The minimum Gasteiger partial charge on any atom is -0.305 e. The molecule has 3 rings (SSSR count). The quantitative estimate of drug-likeness (QED) is 0.404. The largest absolute Gasteiger partial charge is 0.305 e. The molecule has 1 heterocycles. The van der Waals surface area contributed by atoms with Crippen LogP contribution in [0, 0.1) is 36.3 Å². The molecule has 0 radical (unpaired) electrons. The standard InChI is InChI=1S/C19H15N3O3S/c1-4-9-21-16-11-12(2)10-13(3)17(16)26-19(21)20-18(23)14-7-5-6-8-15(14)22(24)25/h1,5-8,10-11H,9H2,2-3H3. The Morgan fingerprint density at radius 3 is 2.77 bits per heavy atom. The molecule has 3 aromatic rings. The molecular formula is C19H15N3O3S. The molecule has 1 amide bonds. The maximum atomic E-state index is 12.6. The lowest BCUT2D eigenvalue weighted by molar-refractivity contribution is -0.385. The van der Waals surface area contributed by atoms with Crippen LogP contribution in [-0.2, 0) is 6.54 Å². The van der Waals surface area contributed by atoms with E-state index in [0.29, 0.717) is 4.80 Å². The van der Waals surface area contributed by atoms with Gasteiger partial charge in [0.15, 0.2) is 4.80 Å². The molecule has 7 heteroatoms. The number of thiazole rings is 1. The fraction of sp³-hybridized carbons (Fsp3) is 0.158. The monoisotopic (exact) mass is 365 g/mol. The van der Waals surface area contributed by atoms with Crippen LogP contribution in [0.3, 0.4) is 0 Å². The Morgan fingerprint density at radius 1 is 1.35 bits per heavy atom. The SMILES string of the molecule is C#CCn1c(=NC(=O)c2ccccc2[N+](=O)[O-])sc2c(C)cc(C)cc21. The summed E-state index contributed by atoms with van der Waals surface area (Å²) >= 11 is 1.35. The number of carbonyl (C=O) groups excluding carboxylic acids is 1. The number of nitro groups is 1. The summed E-state index contributed by atoms with van der Waals surface area (Å²) < 4.78 is 2.77. The lowest BCUT2D eigenvalue weighted by Gasteiger charge is -2.03. The van der Waals surface area contributed by atoms with Crippen molar-refractivity contribution >= 4 is 33.1 Å². The van der Waals surface area contributed by atoms with Gasteiger partial charge >= 0.3 is 0 Å². The molecule has 2 aromatic carbocycles. The van der Waals surface area contributed by atoms with Crippen molar-refractivity contribution in [2.45, 2.75) is 20.4 Å². The van der Waals surface area contributed by atoms with Crippen molar-refractivity contribution in [2.75, 3.05) is 0 Å². The number of terminal acetylenes is 1. The highest BCUT2D eigenvalue weighted by Gasteiger charge is 2.19. The van der Waals surface area contributed by atoms with E-state index in [1.54, 1.807) is 10.6 Å². The summed E-state index contributed by atoms with van der Waals surface area (Å²) in [7, 11) is 0. The maximum absolute atomic E-state index is 12.6. The van der Waals surface area contributed by atoms with Crippen molar-refractivity contribution < 1.29 is 9.72 Å². The molecule has 0 bridgehead atoms. The normalized spacial score (nSPS) is 11.5. The van der Waals surface area contributed by atoms with Crippen LogP contribution in [0.15, 0.2) is 41.4 Å². The van der Waals surface area contributed by atoms with Gasteiger partial charge in [-0.1, -0.05) is 35.5 Å². The van der Waals surface area contributed by atoms with Gasteiger partial charge in [0.2, 0.25) is 0 Å². The lowest BCUT2D eigenvalue weighted by Crippen LogP contribution is -2.17. The van der Waals surface area contributed by atoms with Crippen molar-refractivity contribution in [3.05, 3.63) is 68.0 Å². The minimum atomic E-state index is -0.663. The van der Waals surface area contributed by atoms with Gasteiger partial charge in [0, 0.05) is 6.07 Å². The van der Waals surface area contributed by atoms with Gasteiger partial charge in [-0.2, -0.15) is 4.99 Å². The Kier molecular flexibility index (Phi) is 4.69. The molecule has 0 saturated carbocycles. The van der Waals surface area contributed by atoms with Gasteiger partial charge in [-0.3, -0.25) is 14.9 Å². The first-order valence-corrected chi connectivity index (χ1v) is 8.60. The molecule has 0 N–H and O–H groups in total. The molecular weight excluding hydrogens is 350 g/mol. The van der Waals surface area contributed by atoms with E-state index >= 15 is 0 Å². The lowest BCUT2D eigenvalue weighted by atomic mass is 10.1. The van der Waals surface area contributed by atoms with Crippen LogP contribution in [0.5, 0.6) is 0 Å². The molecule has 26 heavy (non-hydrogen) atoms. The number of nitro benzene ring substituents is 1. The number of fused-ring (bicyclic) bond motifs is 1. The van der Waals surface area contributed by atoms with E-state index in [2.05, 4.69) is 10.9 Å². The van der Waals surface area contributed by atoms with Gasteiger partial charge in [-0.15, -0.1) is 6.42 Å². The number of benzene rings is 2. The van der Waals surface area contributed by atoms with Crippen LogP contribution in [0.25, 0.3) is 10.2 Å². The Morgan fingerprint density at radius 2 is 2.08 bits per heavy atom. The number of aryl methyl sites for hydroxylation is 2. The second-order valence-electron chi connectivity index (χ2n) is 5.80. The molecule has 130 valence electrons. The van der Waals surface area contributed by atoms with Crippen LogP contribution in [0.1, 0.15) is 21.5 Å². The Hall–Kier alpha value is -3.24. The molecule has 0 aliphatic rings. The Labute approximate surface area is 153 Å². The maximum Gasteiger partial charge on any atom is 0.286 e. The number of nitrogens with zero attached hydrogens (tertiary/aromatic N) is 3. The first-order valence-electron chi connectivity index (χ1n) is 7.79. The van der Waals surface area contributed by atoms with Gasteiger partial charge in [0.25, 0.3) is 11.6 Å². The number of hydrogen-bond acceptors (Lipinski definition) is 4. The van der Waals surface area contributed by atoms with E-state index in [9.17, 15) is 14.9 Å². The molecule has 1 aromatic heterocycles. The number of hydrogen-bond donors (Lipinski definition) is 0. The van der Waals surface area contributed by atoms with Crippen LogP contribution < -0.4 is 4.80 Å². The van der Waals surface area contributed by atoms with Gasteiger partial charge in [0.05, 0.1) is 21.7 Å². The van der Waals surface area contributed by atoms with Gasteiger partial charge in [-0.05, 0) is 37.1 Å². The molecule has 0 saturated heterocycles. The molecule has 0 fully saturated rings. The molecule has 0 atom stereocenters. The van der Waals surface area contributed by atoms with E-state index in [0.717, 1.165) is 21.3 Å². The minimum absolute atomic E-state index is 0.0462. The average Bonchev–Trinajstić information content (AvgIpc) is 2.93. The highest BCUT2D eigenvalue weighted by atomic mass is 32.1. The third-order valence-corrected chi connectivity index (χ3v) is 5.12. The van der Waals surface area contributed by atoms with E-state index in [1.165, 1.54) is 29.5 Å². The Balaban J connectivity index is 2.24. The smallest absolute Gasteiger partial charge is 0.286 e. The van der Waals surface area contributed by atoms with E-state index in [-0.39, 0.29) is 17.8 Å². The van der Waals surface area contributed by atoms with E-state index in [1.807, 2.05) is 26.0 Å². The first-order chi connectivity index (χ1) is 12.4. The Bertz CT molecular complexity index is 1150. The fourth-order valence-corrected chi connectivity index (χ4v) is 3.88. The third-order valence-electron chi connectivity index (χ3n) is 3.89. The zero-order chi connectivity index (χ0) is 18.8. The van der Waals surface area contributed by atoms with Crippen LogP contribution >= 0.6 is 11.3 Å². The number of amides is 1. The number of para-hydroxylation sites is 1. The zero-order valence-corrected chi connectivity index (χ0v) is 15.0. The van der Waals surface area contributed by atoms with E-state index in [4.69, 9.17) is 6.42 Å². The topological polar surface area (TPSA) is 77.5 Å². The summed E-state index contributed by atoms with van der Waals surface area (Å²) in [4.78, 5) is 27.7. The summed E-state index contributed by atoms with van der Waals surface area (Å²) in [6.45, 7) is 4.23. The summed E-state index contributed by atoms with van der Waals surface area (Å²) in [6.07, 6.45) is 5.48. The first kappa shape index (κ1) is 17.6. The summed E-state index contributed by atoms with van der Waals surface area (Å²) in [5.74, 6) is 1.91. The van der Waals surface area contributed by atoms with Gasteiger partial charge in [0.1, 0.15) is 5.56 Å². The van der Waals surface area contributed by atoms with Crippen molar-refractivity contribution in [1.82, 2.24) is 4.57 Å². The predicted octanol–water partition coefficient (Wildman–Crippen LogP) is 3.60. The van der Waals surface area contributed by atoms with Gasteiger partial charge in [-0.25, -0.2) is 0 Å². The molecule has 0 unspecified atom stereocenters. The third kappa shape index (κ3) is 3.15. The highest BCUT2D eigenvalue weighted by Crippen LogP contribution is 2.24. The fourth-order valence-electron chi connectivity index (χ4n) is 2.80. The molecule has 0 spiro atoms. The second kappa shape index (κ2) is 6.94. The van der Waals surface area contributed by atoms with E-state index < -0.39 is 10.8 Å². The molecule has 0 aliphatic carbocycles. The molecule has 0 aliphatic heterocycles. The summed E-state index contributed by atoms with van der Waals surface area (Å²) in [5, 5.41) is 11.2. The van der Waals surface area contributed by atoms with Gasteiger partial charge < -0.3 is 4.57 Å². The van der Waals surface area contributed by atoms with Crippen molar-refractivity contribution in [3.63, 3.8) is 0 Å². The number of rotatable bonds is 3. The zero-order valence-electron chi connectivity index (χ0n) is 14.2. The average molecular weight is 365 g/mol. The van der Waals surface area contributed by atoms with Crippen LogP contribution in [-0.4, -0.2) is 15.4 Å². The van der Waals surface area contributed by atoms with Crippen molar-refractivity contribution in [1.29, 1.82) is 0 Å². The summed E-state index contributed by atoms with van der Waals surface area (Å²) in [5.41, 5.74) is 2.73. The van der Waals surface area contributed by atoms with Crippen molar-refractivity contribution in [2.24, 2.45) is 4.99 Å².